The van der Waals surface area contributed by atoms with E-state index in [4.69, 9.17) is 37.0 Å². The van der Waals surface area contributed by atoms with E-state index in [0.717, 1.165) is 115 Å². The molecule has 0 heterocycles. The van der Waals surface area contributed by atoms with Gasteiger partial charge >= 0.3 is 39.5 Å². The van der Waals surface area contributed by atoms with Crippen molar-refractivity contribution in [3.8, 4) is 0 Å². The molecule has 0 amide bonds. The molecule has 0 rings (SSSR count). The van der Waals surface area contributed by atoms with Gasteiger partial charge in [-0.3, -0.25) is 37.3 Å². The Morgan fingerprint density at radius 2 is 0.581 bits per heavy atom. The molecule has 5 atom stereocenters. The lowest BCUT2D eigenvalue weighted by molar-refractivity contribution is -0.161. The van der Waals surface area contributed by atoms with Crippen molar-refractivity contribution < 1.29 is 80.2 Å². The molecule has 0 aliphatic heterocycles. The summed E-state index contributed by atoms with van der Waals surface area (Å²) in [5.74, 6) is -0.709. The van der Waals surface area contributed by atoms with E-state index in [0.29, 0.717) is 31.6 Å². The summed E-state index contributed by atoms with van der Waals surface area (Å²) in [5, 5.41) is 10.6. The fraction of sp³-hybridized carbons (Fsp3) is 0.892. The van der Waals surface area contributed by atoms with Gasteiger partial charge in [0, 0.05) is 25.7 Å². The van der Waals surface area contributed by atoms with E-state index in [-0.39, 0.29) is 25.7 Å². The van der Waals surface area contributed by atoms with Gasteiger partial charge in [0.1, 0.15) is 19.3 Å². The van der Waals surface area contributed by atoms with Crippen molar-refractivity contribution >= 4 is 39.5 Å². The predicted molar refractivity (Wildman–Crippen MR) is 377 cm³/mol. The third kappa shape index (κ3) is 67.9. The molecule has 0 bridgehead atoms. The number of carbonyl (C=O) groups is 4. The molecule has 0 aliphatic carbocycles. The lowest BCUT2D eigenvalue weighted by Crippen LogP contribution is -2.30. The molecule has 0 radical (unpaired) electrons. The second-order valence-electron chi connectivity index (χ2n) is 27.0. The maximum absolute atomic E-state index is 13.1. The lowest BCUT2D eigenvalue weighted by atomic mass is 10.0. The smallest absolute Gasteiger partial charge is 0.462 e. The molecule has 17 nitrogen and oxygen atoms in total. The van der Waals surface area contributed by atoms with Gasteiger partial charge in [-0.1, -0.05) is 303 Å². The molecule has 0 aromatic rings. The van der Waals surface area contributed by atoms with E-state index in [1.54, 1.807) is 0 Å². The summed E-state index contributed by atoms with van der Waals surface area (Å²) in [6, 6.07) is 0. The Kier molecular flexibility index (Phi) is 63.7. The van der Waals surface area contributed by atoms with Gasteiger partial charge in [-0.15, -0.1) is 0 Å². The van der Waals surface area contributed by atoms with Crippen LogP contribution in [0.3, 0.4) is 0 Å². The predicted octanol–water partition coefficient (Wildman–Crippen LogP) is 21.1. The van der Waals surface area contributed by atoms with Crippen LogP contribution in [0.5, 0.6) is 0 Å². The SMILES string of the molecule is CCCCCC/C=C\C=C/CCCCCCCC(=O)O[C@H](COC(=O)CCCCCCCCCCCCCCCCC)COP(=O)(O)OC[C@@H](O)COP(=O)(O)OC[C@@H](COC(=O)CCCCCCCCC(C)C)OC(=O)CCCCCCCCCCCCCC(C)C. The van der Waals surface area contributed by atoms with Crippen LogP contribution in [0, 0.1) is 11.8 Å². The van der Waals surface area contributed by atoms with Gasteiger partial charge in [-0.2, -0.15) is 0 Å². The van der Waals surface area contributed by atoms with Crippen LogP contribution in [0.25, 0.3) is 0 Å². The summed E-state index contributed by atoms with van der Waals surface area (Å²) in [6.07, 6.45) is 55.0. The molecule has 548 valence electrons. The average molecular weight is 1360 g/mol. The highest BCUT2D eigenvalue weighted by Gasteiger charge is 2.30. The van der Waals surface area contributed by atoms with Gasteiger partial charge in [0.25, 0.3) is 0 Å². The number of aliphatic hydroxyl groups is 1. The second-order valence-corrected chi connectivity index (χ2v) is 29.9. The molecule has 93 heavy (non-hydrogen) atoms. The van der Waals surface area contributed by atoms with Gasteiger partial charge in [-0.25, -0.2) is 9.13 Å². The number of aliphatic hydroxyl groups excluding tert-OH is 1. The van der Waals surface area contributed by atoms with Crippen molar-refractivity contribution in [1.29, 1.82) is 0 Å². The van der Waals surface area contributed by atoms with Gasteiger partial charge < -0.3 is 33.8 Å². The van der Waals surface area contributed by atoms with Gasteiger partial charge in [0.2, 0.25) is 0 Å². The normalized spacial score (nSPS) is 14.2. The van der Waals surface area contributed by atoms with Crippen molar-refractivity contribution in [2.75, 3.05) is 39.6 Å². The molecular weight excluding hydrogens is 1220 g/mol. The van der Waals surface area contributed by atoms with E-state index in [9.17, 15) is 43.2 Å². The highest BCUT2D eigenvalue weighted by atomic mass is 31.2. The standard InChI is InChI=1S/C74H140O17P2/c1-7-9-11-13-15-17-19-21-23-25-29-33-37-44-50-56-71(76)84-62-69(90-73(78)58-52-46-38-34-30-26-24-22-20-18-16-14-12-10-8-2)64-88-92(80,81)86-60-68(75)61-87-93(82,83)89-65-70(63-85-72(77)57-51-45-41-40-43-49-55-67(5)6)91-74(79)59-53-47-39-35-31-27-28-32-36-42-48-54-66(3)4/h18,20,22,24,66-70,75H,7-17,19,21,23,25-65H2,1-6H3,(H,80,81)(H,82,83)/b20-18-,24-22-/t68-,69-,70-/m1/s1. The molecule has 19 heteroatoms. The maximum atomic E-state index is 13.1. The number of carbonyl (C=O) groups excluding carboxylic acids is 4. The van der Waals surface area contributed by atoms with Crippen LogP contribution in [-0.4, -0.2) is 96.7 Å². The number of hydrogen-bond donors (Lipinski definition) is 3. The number of hydrogen-bond acceptors (Lipinski definition) is 15. The zero-order valence-corrected chi connectivity index (χ0v) is 61.8. The second kappa shape index (κ2) is 65.5. The minimum Gasteiger partial charge on any atom is -0.462 e. The first kappa shape index (κ1) is 90.5. The number of esters is 4. The Bertz CT molecular complexity index is 1900. The summed E-state index contributed by atoms with van der Waals surface area (Å²) in [5.41, 5.74) is 0. The summed E-state index contributed by atoms with van der Waals surface area (Å²) < 4.78 is 68.4. The minimum atomic E-state index is -4.96. The highest BCUT2D eigenvalue weighted by molar-refractivity contribution is 7.47. The van der Waals surface area contributed by atoms with Crippen LogP contribution in [0.1, 0.15) is 356 Å². The number of ether oxygens (including phenoxy) is 4. The van der Waals surface area contributed by atoms with Gasteiger partial charge in [0.05, 0.1) is 26.4 Å². The van der Waals surface area contributed by atoms with Crippen LogP contribution in [-0.2, 0) is 65.4 Å². The number of phosphoric acid groups is 2. The van der Waals surface area contributed by atoms with Crippen LogP contribution in [0.2, 0.25) is 0 Å². The van der Waals surface area contributed by atoms with E-state index in [2.05, 4.69) is 65.8 Å². The number of rotatable bonds is 71. The first-order valence-corrected chi connectivity index (χ1v) is 40.8. The number of allylic oxidation sites excluding steroid dienone is 4. The van der Waals surface area contributed by atoms with Crippen molar-refractivity contribution in [2.45, 2.75) is 374 Å². The highest BCUT2D eigenvalue weighted by Crippen LogP contribution is 2.45. The maximum Gasteiger partial charge on any atom is 0.472 e. The van der Waals surface area contributed by atoms with Crippen molar-refractivity contribution in [1.82, 2.24) is 0 Å². The number of phosphoric ester groups is 2. The summed E-state index contributed by atoms with van der Waals surface area (Å²) >= 11 is 0. The Morgan fingerprint density at radius 3 is 0.882 bits per heavy atom. The molecule has 0 aromatic carbocycles. The van der Waals surface area contributed by atoms with E-state index in [1.807, 2.05) is 0 Å². The van der Waals surface area contributed by atoms with Crippen molar-refractivity contribution in [3.63, 3.8) is 0 Å². The Labute approximate surface area is 567 Å². The van der Waals surface area contributed by atoms with Crippen molar-refractivity contribution in [3.05, 3.63) is 24.3 Å². The summed E-state index contributed by atoms with van der Waals surface area (Å²) in [7, 11) is -9.92. The Morgan fingerprint density at radius 1 is 0.333 bits per heavy atom. The van der Waals surface area contributed by atoms with Crippen LogP contribution in [0.4, 0.5) is 0 Å². The fourth-order valence-electron chi connectivity index (χ4n) is 10.8. The molecule has 0 saturated heterocycles. The molecular formula is C74H140O17P2. The molecule has 0 aliphatic rings. The molecule has 0 fully saturated rings. The Balaban J connectivity index is 5.28. The monoisotopic (exact) mass is 1360 g/mol. The van der Waals surface area contributed by atoms with Crippen molar-refractivity contribution in [2.24, 2.45) is 11.8 Å². The summed E-state index contributed by atoms with van der Waals surface area (Å²) in [6.45, 7) is 9.43. The van der Waals surface area contributed by atoms with E-state index < -0.39 is 97.5 Å². The fourth-order valence-corrected chi connectivity index (χ4v) is 12.3. The zero-order chi connectivity index (χ0) is 68.6. The molecule has 0 saturated carbocycles. The van der Waals surface area contributed by atoms with Crippen LogP contribution in [0.15, 0.2) is 24.3 Å². The molecule has 3 N–H and O–H groups in total. The van der Waals surface area contributed by atoms with Gasteiger partial charge in [-0.05, 0) is 63.2 Å². The molecule has 0 spiro atoms. The lowest BCUT2D eigenvalue weighted by Gasteiger charge is -2.21. The number of unbranched alkanes of at least 4 members (excludes halogenated alkanes) is 38. The third-order valence-corrected chi connectivity index (χ3v) is 18.5. The average Bonchev–Trinajstić information content (AvgIpc) is 1.75. The first-order chi connectivity index (χ1) is 44.9. The largest absolute Gasteiger partial charge is 0.472 e. The van der Waals surface area contributed by atoms with Crippen LogP contribution >= 0.6 is 15.6 Å². The van der Waals surface area contributed by atoms with E-state index in [1.165, 1.54) is 154 Å². The first-order valence-electron chi connectivity index (χ1n) is 37.8. The molecule has 0 aromatic heterocycles. The van der Waals surface area contributed by atoms with Gasteiger partial charge in [0.15, 0.2) is 12.2 Å². The topological polar surface area (TPSA) is 237 Å². The quantitative estimate of drug-likeness (QED) is 0.0169. The van der Waals surface area contributed by atoms with E-state index >= 15 is 0 Å². The van der Waals surface area contributed by atoms with Crippen LogP contribution < -0.4 is 0 Å². The molecule has 2 unspecified atom stereocenters. The minimum absolute atomic E-state index is 0.0853. The zero-order valence-electron chi connectivity index (χ0n) is 60.0. The Hall–Kier alpha value is -2.46. The summed E-state index contributed by atoms with van der Waals surface area (Å²) in [4.78, 5) is 72.7. The third-order valence-electron chi connectivity index (χ3n) is 16.6.